The van der Waals surface area contributed by atoms with Gasteiger partial charge in [-0.2, -0.15) is 0 Å². The van der Waals surface area contributed by atoms with Gasteiger partial charge in [-0.05, 0) is 39.8 Å². The smallest absolute Gasteiger partial charge is 0.251 e. The summed E-state index contributed by atoms with van der Waals surface area (Å²) in [6, 6.07) is 8.28. The summed E-state index contributed by atoms with van der Waals surface area (Å²) in [5.41, 5.74) is 0.246. The van der Waals surface area contributed by atoms with Crippen LogP contribution in [0.4, 0.5) is 0 Å². The van der Waals surface area contributed by atoms with Gasteiger partial charge in [0.15, 0.2) is 0 Å². The van der Waals surface area contributed by atoms with Crippen LogP contribution in [-0.4, -0.2) is 23.4 Å². The zero-order chi connectivity index (χ0) is 13.8. The van der Waals surface area contributed by atoms with Crippen molar-refractivity contribution in [3.63, 3.8) is 0 Å². The third-order valence-electron chi connectivity index (χ3n) is 2.28. The van der Waals surface area contributed by atoms with Crippen molar-refractivity contribution in [3.05, 3.63) is 35.9 Å². The normalized spacial score (nSPS) is 12.7. The van der Waals surface area contributed by atoms with Crippen LogP contribution in [-0.2, 0) is 4.79 Å². The average molecular weight is 248 g/mol. The Hall–Kier alpha value is -1.84. The van der Waals surface area contributed by atoms with Gasteiger partial charge in [0.05, 0.1) is 0 Å². The molecule has 1 aromatic rings. The number of nitrogens with one attached hydrogen (secondary N) is 2. The summed E-state index contributed by atoms with van der Waals surface area (Å²) < 4.78 is 0. The van der Waals surface area contributed by atoms with Gasteiger partial charge in [-0.15, -0.1) is 0 Å². The molecular weight excluding hydrogens is 228 g/mol. The van der Waals surface area contributed by atoms with Gasteiger partial charge < -0.3 is 10.6 Å². The van der Waals surface area contributed by atoms with E-state index in [4.69, 9.17) is 0 Å². The second-order valence-corrected chi connectivity index (χ2v) is 5.30. The number of amides is 2. The summed E-state index contributed by atoms with van der Waals surface area (Å²) in [4.78, 5) is 23.6. The van der Waals surface area contributed by atoms with E-state index < -0.39 is 6.04 Å². The first-order valence-corrected chi connectivity index (χ1v) is 5.97. The minimum Gasteiger partial charge on any atom is -0.350 e. The van der Waals surface area contributed by atoms with Crippen molar-refractivity contribution < 1.29 is 9.59 Å². The first-order valence-electron chi connectivity index (χ1n) is 5.97. The quantitative estimate of drug-likeness (QED) is 0.855. The molecule has 1 atom stereocenters. The molecule has 0 saturated heterocycles. The van der Waals surface area contributed by atoms with Gasteiger partial charge in [-0.3, -0.25) is 9.59 Å². The molecule has 4 nitrogen and oxygen atoms in total. The van der Waals surface area contributed by atoms with Crippen LogP contribution in [0.3, 0.4) is 0 Å². The molecule has 98 valence electrons. The zero-order valence-corrected chi connectivity index (χ0v) is 11.3. The lowest BCUT2D eigenvalue weighted by Gasteiger charge is -2.23. The average Bonchev–Trinajstić information content (AvgIpc) is 2.27. The Morgan fingerprint density at radius 2 is 1.67 bits per heavy atom. The maximum absolute atomic E-state index is 11.8. The molecule has 0 bridgehead atoms. The highest BCUT2D eigenvalue weighted by Gasteiger charge is 2.20. The molecule has 18 heavy (non-hydrogen) atoms. The third kappa shape index (κ3) is 4.57. The zero-order valence-electron chi connectivity index (χ0n) is 11.3. The summed E-state index contributed by atoms with van der Waals surface area (Å²) in [6.45, 7) is 7.37. The predicted octanol–water partition coefficient (Wildman–Crippen LogP) is 1.72. The Labute approximate surface area is 108 Å². The molecule has 0 saturated carbocycles. The molecule has 0 unspecified atom stereocenters. The first-order chi connectivity index (χ1) is 8.29. The number of benzene rings is 1. The number of rotatable bonds is 3. The fraction of sp³-hybridized carbons (Fsp3) is 0.429. The van der Waals surface area contributed by atoms with E-state index in [1.807, 2.05) is 26.8 Å². The van der Waals surface area contributed by atoms with Gasteiger partial charge in [0, 0.05) is 11.1 Å². The topological polar surface area (TPSA) is 58.2 Å². The Morgan fingerprint density at radius 3 is 2.17 bits per heavy atom. The maximum atomic E-state index is 11.8. The van der Waals surface area contributed by atoms with Gasteiger partial charge in [0.25, 0.3) is 5.91 Å². The molecule has 0 spiro atoms. The summed E-state index contributed by atoms with van der Waals surface area (Å²) in [5.74, 6) is -0.432. The van der Waals surface area contributed by atoms with Gasteiger partial charge in [0.2, 0.25) is 5.91 Å². The molecule has 1 aromatic carbocycles. The van der Waals surface area contributed by atoms with Crippen LogP contribution >= 0.6 is 0 Å². The number of hydrogen-bond acceptors (Lipinski definition) is 2. The SMILES string of the molecule is C[C@H](NC(=O)c1ccccc1)C(=O)NC(C)(C)C. The molecular formula is C14H20N2O2. The Morgan fingerprint density at radius 1 is 1.11 bits per heavy atom. The van der Waals surface area contributed by atoms with Crippen LogP contribution in [0.2, 0.25) is 0 Å². The molecule has 0 aliphatic carbocycles. The molecule has 0 aromatic heterocycles. The van der Waals surface area contributed by atoms with Crippen molar-refractivity contribution in [2.45, 2.75) is 39.3 Å². The summed E-state index contributed by atoms with van der Waals surface area (Å²) in [6.07, 6.45) is 0. The fourth-order valence-corrected chi connectivity index (χ4v) is 1.41. The summed E-state index contributed by atoms with van der Waals surface area (Å²) >= 11 is 0. The highest BCUT2D eigenvalue weighted by Crippen LogP contribution is 2.01. The Bertz CT molecular complexity index is 421. The predicted molar refractivity (Wildman–Crippen MR) is 71.3 cm³/mol. The molecule has 4 heteroatoms. The lowest BCUT2D eigenvalue weighted by Crippen LogP contribution is -2.50. The largest absolute Gasteiger partial charge is 0.350 e. The molecule has 0 heterocycles. The molecule has 0 radical (unpaired) electrons. The van der Waals surface area contributed by atoms with Crippen LogP contribution in [0, 0.1) is 0 Å². The monoisotopic (exact) mass is 248 g/mol. The second kappa shape index (κ2) is 5.67. The molecule has 0 aliphatic rings. The van der Waals surface area contributed by atoms with E-state index >= 15 is 0 Å². The van der Waals surface area contributed by atoms with E-state index in [1.165, 1.54) is 0 Å². The van der Waals surface area contributed by atoms with Crippen LogP contribution in [0.15, 0.2) is 30.3 Å². The van der Waals surface area contributed by atoms with Crippen LogP contribution in [0.5, 0.6) is 0 Å². The highest BCUT2D eigenvalue weighted by molar-refractivity contribution is 5.97. The number of carbonyl (C=O) groups is 2. The lowest BCUT2D eigenvalue weighted by atomic mass is 10.1. The van der Waals surface area contributed by atoms with Gasteiger partial charge in [0.1, 0.15) is 6.04 Å². The lowest BCUT2D eigenvalue weighted by molar-refractivity contribution is -0.124. The highest BCUT2D eigenvalue weighted by atomic mass is 16.2. The van der Waals surface area contributed by atoms with Crippen molar-refractivity contribution in [1.29, 1.82) is 0 Å². The minimum absolute atomic E-state index is 0.188. The maximum Gasteiger partial charge on any atom is 0.251 e. The number of hydrogen-bond donors (Lipinski definition) is 2. The fourth-order valence-electron chi connectivity index (χ4n) is 1.41. The molecule has 2 N–H and O–H groups in total. The third-order valence-corrected chi connectivity index (χ3v) is 2.28. The van der Waals surface area contributed by atoms with Crippen LogP contribution < -0.4 is 10.6 Å². The van der Waals surface area contributed by atoms with E-state index in [0.717, 1.165) is 0 Å². The van der Waals surface area contributed by atoms with Crippen molar-refractivity contribution in [2.24, 2.45) is 0 Å². The van der Waals surface area contributed by atoms with E-state index in [1.54, 1.807) is 31.2 Å². The Kier molecular flexibility index (Phi) is 4.48. The molecule has 0 fully saturated rings. The minimum atomic E-state index is -0.558. The van der Waals surface area contributed by atoms with Crippen LogP contribution in [0.25, 0.3) is 0 Å². The van der Waals surface area contributed by atoms with Gasteiger partial charge in [-0.1, -0.05) is 18.2 Å². The second-order valence-electron chi connectivity index (χ2n) is 5.30. The van der Waals surface area contributed by atoms with Gasteiger partial charge >= 0.3 is 0 Å². The molecule has 2 amide bonds. The van der Waals surface area contributed by atoms with Crippen molar-refractivity contribution >= 4 is 11.8 Å². The van der Waals surface area contributed by atoms with Crippen molar-refractivity contribution in [2.75, 3.05) is 0 Å². The van der Waals surface area contributed by atoms with Crippen LogP contribution in [0.1, 0.15) is 38.1 Å². The van der Waals surface area contributed by atoms with Crippen molar-refractivity contribution in [3.8, 4) is 0 Å². The van der Waals surface area contributed by atoms with E-state index in [9.17, 15) is 9.59 Å². The molecule has 0 aliphatic heterocycles. The van der Waals surface area contributed by atoms with E-state index in [0.29, 0.717) is 5.56 Å². The number of carbonyl (C=O) groups excluding carboxylic acids is 2. The van der Waals surface area contributed by atoms with Crippen molar-refractivity contribution in [1.82, 2.24) is 10.6 Å². The summed E-state index contributed by atoms with van der Waals surface area (Å²) in [5, 5.41) is 5.49. The summed E-state index contributed by atoms with van der Waals surface area (Å²) in [7, 11) is 0. The molecule has 1 rings (SSSR count). The van der Waals surface area contributed by atoms with Gasteiger partial charge in [-0.25, -0.2) is 0 Å². The van der Waals surface area contributed by atoms with E-state index in [-0.39, 0.29) is 17.4 Å². The first kappa shape index (κ1) is 14.2. The Balaban J connectivity index is 2.58. The standard InChI is InChI=1S/C14H20N2O2/c1-10(12(17)16-14(2,3)4)15-13(18)11-8-6-5-7-9-11/h5-10H,1-4H3,(H,15,18)(H,16,17)/t10-/m0/s1. The van der Waals surface area contributed by atoms with E-state index in [2.05, 4.69) is 10.6 Å².